The summed E-state index contributed by atoms with van der Waals surface area (Å²) < 4.78 is 25.7. The van der Waals surface area contributed by atoms with Crippen LogP contribution in [0.4, 0.5) is 4.39 Å². The van der Waals surface area contributed by atoms with Crippen LogP contribution in [0.3, 0.4) is 0 Å². The van der Waals surface area contributed by atoms with E-state index in [-0.39, 0.29) is 17.6 Å². The van der Waals surface area contributed by atoms with E-state index in [1.807, 2.05) is 0 Å². The molecule has 0 bridgehead atoms. The number of carbonyl (C=O) groups excluding carboxylic acids is 1. The van der Waals surface area contributed by atoms with Crippen molar-refractivity contribution in [3.8, 4) is 5.69 Å². The van der Waals surface area contributed by atoms with Gasteiger partial charge in [-0.15, -0.1) is 5.10 Å². The molecule has 1 aliphatic heterocycles. The summed E-state index contributed by atoms with van der Waals surface area (Å²) in [6.07, 6.45) is 3.03. The molecule has 1 N–H and O–H groups in total. The summed E-state index contributed by atoms with van der Waals surface area (Å²) in [6, 6.07) is 6.02. The minimum absolute atomic E-state index is 0.252. The second kappa shape index (κ2) is 8.14. The van der Waals surface area contributed by atoms with Gasteiger partial charge in [-0.1, -0.05) is 5.21 Å². The number of halogens is 1. The number of benzene rings is 1. The molecular weight excluding hydrogens is 351 g/mol. The van der Waals surface area contributed by atoms with Crippen LogP contribution in [0, 0.1) is 11.7 Å². The minimum Gasteiger partial charge on any atom is -0.381 e. The molecular formula is C19H23FN4O3. The van der Waals surface area contributed by atoms with Crippen LogP contribution in [0.2, 0.25) is 0 Å². The third-order valence-corrected chi connectivity index (χ3v) is 4.86. The highest BCUT2D eigenvalue weighted by Gasteiger charge is 2.34. The van der Waals surface area contributed by atoms with E-state index in [0.29, 0.717) is 37.1 Å². The Morgan fingerprint density at radius 1 is 1.30 bits per heavy atom. The predicted octanol–water partition coefficient (Wildman–Crippen LogP) is 2.07. The largest absolute Gasteiger partial charge is 0.381 e. The van der Waals surface area contributed by atoms with Gasteiger partial charge < -0.3 is 14.8 Å². The molecule has 1 aromatic carbocycles. The fraction of sp³-hybridized carbons (Fsp3) is 0.526. The van der Waals surface area contributed by atoms with Gasteiger partial charge in [0.05, 0.1) is 31.2 Å². The van der Waals surface area contributed by atoms with Crippen molar-refractivity contribution in [2.45, 2.75) is 25.2 Å². The molecule has 7 nitrogen and oxygen atoms in total. The van der Waals surface area contributed by atoms with Crippen LogP contribution in [0.15, 0.2) is 24.3 Å². The van der Waals surface area contributed by atoms with E-state index in [0.717, 1.165) is 38.2 Å². The third kappa shape index (κ3) is 4.33. The zero-order valence-corrected chi connectivity index (χ0v) is 15.1. The molecule has 0 spiro atoms. The number of aromatic nitrogens is 3. The SMILES string of the molecule is O=C(NCCOC[C@H]1CCOC1)c1nnn(-c2ccc(F)cc2)c1C1CC1. The van der Waals surface area contributed by atoms with Gasteiger partial charge in [0.15, 0.2) is 5.69 Å². The molecule has 2 fully saturated rings. The molecule has 1 atom stereocenters. The molecule has 1 amide bonds. The van der Waals surface area contributed by atoms with Gasteiger partial charge in [-0.2, -0.15) is 0 Å². The van der Waals surface area contributed by atoms with Crippen LogP contribution in [0.1, 0.15) is 41.4 Å². The molecule has 2 aliphatic rings. The standard InChI is InChI=1S/C19H23FN4O3/c20-15-3-5-16(6-4-15)24-18(14-1-2-14)17(22-23-24)19(25)21-8-10-27-12-13-7-9-26-11-13/h3-6,13-14H,1-2,7-12H2,(H,21,25)/t13-/m0/s1. The van der Waals surface area contributed by atoms with E-state index in [4.69, 9.17) is 9.47 Å². The number of carbonyl (C=O) groups is 1. The van der Waals surface area contributed by atoms with E-state index in [1.54, 1.807) is 16.8 Å². The number of amides is 1. The number of rotatable bonds is 8. The van der Waals surface area contributed by atoms with E-state index in [1.165, 1.54) is 12.1 Å². The van der Waals surface area contributed by atoms with Gasteiger partial charge in [0.2, 0.25) is 0 Å². The summed E-state index contributed by atoms with van der Waals surface area (Å²) in [6.45, 7) is 3.08. The number of hydrogen-bond acceptors (Lipinski definition) is 5. The summed E-state index contributed by atoms with van der Waals surface area (Å²) in [5.74, 6) is 0.161. The minimum atomic E-state index is -0.311. The van der Waals surface area contributed by atoms with Crippen molar-refractivity contribution < 1.29 is 18.7 Å². The van der Waals surface area contributed by atoms with Crippen molar-refractivity contribution in [2.75, 3.05) is 33.0 Å². The molecule has 0 unspecified atom stereocenters. The molecule has 8 heteroatoms. The fourth-order valence-electron chi connectivity index (χ4n) is 3.23. The molecule has 1 aliphatic carbocycles. The summed E-state index contributed by atoms with van der Waals surface area (Å²) in [7, 11) is 0. The molecule has 0 radical (unpaired) electrons. The zero-order valence-electron chi connectivity index (χ0n) is 15.1. The van der Waals surface area contributed by atoms with Gasteiger partial charge in [0, 0.05) is 25.0 Å². The van der Waals surface area contributed by atoms with Crippen LogP contribution in [-0.4, -0.2) is 53.9 Å². The molecule has 1 saturated heterocycles. The van der Waals surface area contributed by atoms with Crippen LogP contribution in [0.25, 0.3) is 5.69 Å². The Balaban J connectivity index is 1.36. The molecule has 27 heavy (non-hydrogen) atoms. The van der Waals surface area contributed by atoms with Crippen molar-refractivity contribution >= 4 is 5.91 Å². The molecule has 1 saturated carbocycles. The van der Waals surface area contributed by atoms with Crippen LogP contribution >= 0.6 is 0 Å². The van der Waals surface area contributed by atoms with Crippen LogP contribution in [-0.2, 0) is 9.47 Å². The van der Waals surface area contributed by atoms with Crippen molar-refractivity contribution in [2.24, 2.45) is 5.92 Å². The molecule has 2 aromatic rings. The number of nitrogens with zero attached hydrogens (tertiary/aromatic N) is 3. The van der Waals surface area contributed by atoms with Gasteiger partial charge in [0.1, 0.15) is 5.82 Å². The Hall–Kier alpha value is -2.32. The third-order valence-electron chi connectivity index (χ3n) is 4.86. The lowest BCUT2D eigenvalue weighted by atomic mass is 10.1. The smallest absolute Gasteiger partial charge is 0.273 e. The number of ether oxygens (including phenoxy) is 2. The highest BCUT2D eigenvalue weighted by molar-refractivity contribution is 5.93. The molecule has 1 aromatic heterocycles. The maximum absolute atomic E-state index is 13.2. The summed E-state index contributed by atoms with van der Waals surface area (Å²) >= 11 is 0. The second-order valence-corrected chi connectivity index (χ2v) is 7.05. The first-order chi connectivity index (χ1) is 13.2. The first-order valence-electron chi connectivity index (χ1n) is 9.37. The second-order valence-electron chi connectivity index (χ2n) is 7.05. The average molecular weight is 374 g/mol. The number of hydrogen-bond donors (Lipinski definition) is 1. The van der Waals surface area contributed by atoms with Gasteiger partial charge in [0.25, 0.3) is 5.91 Å². The first-order valence-corrected chi connectivity index (χ1v) is 9.37. The first kappa shape index (κ1) is 18.1. The van der Waals surface area contributed by atoms with Crippen molar-refractivity contribution in [1.82, 2.24) is 20.3 Å². The highest BCUT2D eigenvalue weighted by Crippen LogP contribution is 2.41. The van der Waals surface area contributed by atoms with Crippen molar-refractivity contribution in [1.29, 1.82) is 0 Å². The van der Waals surface area contributed by atoms with Crippen LogP contribution in [0.5, 0.6) is 0 Å². The zero-order chi connectivity index (χ0) is 18.6. The lowest BCUT2D eigenvalue weighted by Gasteiger charge is -2.10. The Morgan fingerprint density at radius 2 is 2.11 bits per heavy atom. The quantitative estimate of drug-likeness (QED) is 0.716. The monoisotopic (exact) mass is 374 g/mol. The van der Waals surface area contributed by atoms with Gasteiger partial charge in [-0.05, 0) is 43.5 Å². The Kier molecular flexibility index (Phi) is 5.45. The Bertz CT molecular complexity index is 783. The van der Waals surface area contributed by atoms with E-state index in [2.05, 4.69) is 15.6 Å². The summed E-state index contributed by atoms with van der Waals surface area (Å²) in [5.41, 5.74) is 1.83. The lowest BCUT2D eigenvalue weighted by molar-refractivity contribution is 0.0820. The fourth-order valence-corrected chi connectivity index (χ4v) is 3.23. The Labute approximate surface area is 156 Å². The summed E-state index contributed by atoms with van der Waals surface area (Å²) in [5, 5.41) is 11.1. The molecule has 4 rings (SSSR count). The molecule has 2 heterocycles. The maximum Gasteiger partial charge on any atom is 0.273 e. The van der Waals surface area contributed by atoms with E-state index < -0.39 is 0 Å². The lowest BCUT2D eigenvalue weighted by Crippen LogP contribution is -2.29. The van der Waals surface area contributed by atoms with E-state index in [9.17, 15) is 9.18 Å². The maximum atomic E-state index is 13.2. The highest BCUT2D eigenvalue weighted by atomic mass is 19.1. The predicted molar refractivity (Wildman–Crippen MR) is 95.4 cm³/mol. The normalized spacial score (nSPS) is 19.4. The van der Waals surface area contributed by atoms with Gasteiger partial charge in [-0.25, -0.2) is 9.07 Å². The van der Waals surface area contributed by atoms with Crippen molar-refractivity contribution in [3.05, 3.63) is 41.5 Å². The average Bonchev–Trinajstić information content (AvgIpc) is 3.19. The topological polar surface area (TPSA) is 78.3 Å². The molecule has 144 valence electrons. The van der Waals surface area contributed by atoms with E-state index >= 15 is 0 Å². The summed E-state index contributed by atoms with van der Waals surface area (Å²) in [4.78, 5) is 12.6. The van der Waals surface area contributed by atoms with Crippen LogP contribution < -0.4 is 5.32 Å². The van der Waals surface area contributed by atoms with Gasteiger partial charge in [-0.3, -0.25) is 4.79 Å². The Morgan fingerprint density at radius 3 is 2.81 bits per heavy atom. The van der Waals surface area contributed by atoms with Gasteiger partial charge >= 0.3 is 0 Å². The number of nitrogens with one attached hydrogen (secondary N) is 1. The van der Waals surface area contributed by atoms with Crippen molar-refractivity contribution in [3.63, 3.8) is 0 Å².